The number of phosphoric acid groups is 1. The van der Waals surface area contributed by atoms with E-state index >= 15 is 0 Å². The van der Waals surface area contributed by atoms with Crippen molar-refractivity contribution < 1.29 is 37.0 Å². The normalized spacial score (nSPS) is 10.2. The van der Waals surface area contributed by atoms with Crippen LogP contribution in [0.3, 0.4) is 0 Å². The van der Waals surface area contributed by atoms with Crippen LogP contribution in [0.1, 0.15) is 6.92 Å². The molecular weight excluding hydrogens is 215 g/mol. The summed E-state index contributed by atoms with van der Waals surface area (Å²) in [5.74, 6) is -0.988. The molecule has 0 unspecified atom stereocenters. The topological polar surface area (TPSA) is 141 Å². The zero-order valence-electron chi connectivity index (χ0n) is 5.78. The largest absolute Gasteiger partial charge is 0.526 e. The fraction of sp³-hybridized carbons (Fsp3) is 0.500. The predicted octanol–water partition coefficient (Wildman–Crippen LogP) is -0.677. The fourth-order valence-corrected chi connectivity index (χ4v) is 0.502. The Bertz CT molecular complexity index is 201. The predicted molar refractivity (Wildman–Crippen MR) is 37.2 cm³/mol. The van der Waals surface area contributed by atoms with Crippen LogP contribution in [0.4, 0.5) is 0 Å². The van der Waals surface area contributed by atoms with Crippen LogP contribution in [0.15, 0.2) is 0 Å². The van der Waals surface area contributed by atoms with Crippen molar-refractivity contribution in [1.29, 1.82) is 0 Å². The Labute approximate surface area is 69.9 Å². The van der Waals surface area contributed by atoms with E-state index in [0.29, 0.717) is 0 Å². The SMILES string of the molecule is CC(=O)OP(=O)(O)O.O=S(O)O. The molecule has 4 N–H and O–H groups in total. The molecule has 0 spiro atoms. The molecular formula is C2H7O8PS. The summed E-state index contributed by atoms with van der Waals surface area (Å²) in [6.45, 7) is 0.916. The number of rotatable bonds is 1. The molecule has 0 aromatic rings. The van der Waals surface area contributed by atoms with Gasteiger partial charge in [0, 0.05) is 6.92 Å². The summed E-state index contributed by atoms with van der Waals surface area (Å²) >= 11 is -2.61. The quantitative estimate of drug-likeness (QED) is 0.337. The lowest BCUT2D eigenvalue weighted by molar-refractivity contribution is -0.133. The highest BCUT2D eigenvalue weighted by Crippen LogP contribution is 2.35. The molecule has 0 rings (SSSR count). The van der Waals surface area contributed by atoms with Gasteiger partial charge in [0.1, 0.15) is 0 Å². The summed E-state index contributed by atoms with van der Waals surface area (Å²) in [7, 11) is -4.57. The van der Waals surface area contributed by atoms with E-state index < -0.39 is 25.2 Å². The third kappa shape index (κ3) is 33.3. The van der Waals surface area contributed by atoms with Crippen LogP contribution in [0.25, 0.3) is 0 Å². The number of hydrogen-bond acceptors (Lipinski definition) is 4. The van der Waals surface area contributed by atoms with Crippen LogP contribution < -0.4 is 0 Å². The highest BCUT2D eigenvalue weighted by molar-refractivity contribution is 7.73. The minimum absolute atomic E-state index is 0.916. The molecule has 0 radical (unpaired) electrons. The summed E-state index contributed by atoms with van der Waals surface area (Å²) in [5, 5.41) is 0. The molecule has 0 atom stereocenters. The van der Waals surface area contributed by atoms with Gasteiger partial charge in [-0.25, -0.2) is 4.57 Å². The maximum atomic E-state index is 9.74. The fourth-order valence-electron chi connectivity index (χ4n) is 0.167. The number of carbonyl (C=O) groups is 1. The Kier molecular flexibility index (Phi) is 7.39. The van der Waals surface area contributed by atoms with Gasteiger partial charge >= 0.3 is 13.8 Å². The molecule has 0 saturated heterocycles. The average Bonchev–Trinajstić information content (AvgIpc) is 1.52. The van der Waals surface area contributed by atoms with Crippen LogP contribution in [0.5, 0.6) is 0 Å². The first-order valence-corrected chi connectivity index (χ1v) is 4.80. The van der Waals surface area contributed by atoms with Gasteiger partial charge in [-0.15, -0.1) is 0 Å². The summed E-state index contributed by atoms with van der Waals surface area (Å²) in [4.78, 5) is 25.5. The van der Waals surface area contributed by atoms with Gasteiger partial charge in [-0.05, 0) is 0 Å². The smallest absolute Gasteiger partial charge is 0.371 e. The van der Waals surface area contributed by atoms with Gasteiger partial charge in [-0.1, -0.05) is 0 Å². The van der Waals surface area contributed by atoms with Crippen LogP contribution in [0.2, 0.25) is 0 Å². The lowest BCUT2D eigenvalue weighted by Crippen LogP contribution is -1.94. The average molecular weight is 222 g/mol. The summed E-state index contributed by atoms with van der Waals surface area (Å²) in [5.41, 5.74) is 0. The minimum atomic E-state index is -4.57. The van der Waals surface area contributed by atoms with Crippen molar-refractivity contribution in [3.63, 3.8) is 0 Å². The van der Waals surface area contributed by atoms with Gasteiger partial charge in [0.05, 0.1) is 0 Å². The van der Waals surface area contributed by atoms with E-state index in [9.17, 15) is 9.36 Å². The first kappa shape index (κ1) is 14.2. The van der Waals surface area contributed by atoms with Crippen molar-refractivity contribution in [2.24, 2.45) is 0 Å². The monoisotopic (exact) mass is 222 g/mol. The number of hydrogen-bond donors (Lipinski definition) is 4. The van der Waals surface area contributed by atoms with E-state index in [-0.39, 0.29) is 0 Å². The van der Waals surface area contributed by atoms with Crippen molar-refractivity contribution in [3.05, 3.63) is 0 Å². The minimum Gasteiger partial charge on any atom is -0.371 e. The van der Waals surface area contributed by atoms with E-state index in [2.05, 4.69) is 4.52 Å². The van der Waals surface area contributed by atoms with Crippen molar-refractivity contribution in [3.8, 4) is 0 Å². The Hall–Kier alpha value is -0.310. The summed E-state index contributed by atoms with van der Waals surface area (Å²) in [6.07, 6.45) is 0. The Morgan fingerprint density at radius 3 is 1.67 bits per heavy atom. The highest BCUT2D eigenvalue weighted by Gasteiger charge is 2.16. The third-order valence-electron chi connectivity index (χ3n) is 0.247. The maximum absolute atomic E-state index is 9.74. The van der Waals surface area contributed by atoms with E-state index in [4.69, 9.17) is 23.1 Å². The maximum Gasteiger partial charge on any atom is 0.526 e. The second-order valence-electron chi connectivity index (χ2n) is 1.30. The molecule has 8 nitrogen and oxygen atoms in total. The molecule has 0 amide bonds. The molecule has 74 valence electrons. The molecule has 0 aliphatic carbocycles. The van der Waals surface area contributed by atoms with Gasteiger partial charge in [0.15, 0.2) is 0 Å². The molecule has 0 fully saturated rings. The lowest BCUT2D eigenvalue weighted by Gasteiger charge is -1.98. The van der Waals surface area contributed by atoms with Crippen molar-refractivity contribution >= 4 is 25.2 Å². The van der Waals surface area contributed by atoms with Crippen LogP contribution >= 0.6 is 7.82 Å². The molecule has 0 heterocycles. The lowest BCUT2D eigenvalue weighted by atomic mass is 10.9. The van der Waals surface area contributed by atoms with E-state index in [1.165, 1.54) is 0 Å². The molecule has 0 aromatic carbocycles. The molecule has 0 aliphatic heterocycles. The van der Waals surface area contributed by atoms with Gasteiger partial charge in [0.25, 0.3) is 11.4 Å². The van der Waals surface area contributed by atoms with Gasteiger partial charge in [-0.3, -0.25) is 23.7 Å². The van der Waals surface area contributed by atoms with Crippen LogP contribution in [-0.2, 0) is 25.2 Å². The zero-order valence-corrected chi connectivity index (χ0v) is 7.49. The number of phosphoric ester groups is 1. The second-order valence-corrected chi connectivity index (χ2v) is 2.93. The second kappa shape index (κ2) is 6.23. The molecule has 0 saturated carbocycles. The van der Waals surface area contributed by atoms with E-state index in [0.717, 1.165) is 6.92 Å². The highest BCUT2D eigenvalue weighted by atomic mass is 32.2. The third-order valence-corrected chi connectivity index (χ3v) is 0.742. The van der Waals surface area contributed by atoms with Crippen molar-refractivity contribution in [2.45, 2.75) is 6.92 Å². The van der Waals surface area contributed by atoms with Crippen LogP contribution in [-0.4, -0.2) is 29.1 Å². The van der Waals surface area contributed by atoms with E-state index in [1.807, 2.05) is 0 Å². The molecule has 10 heteroatoms. The first-order valence-electron chi connectivity index (χ1n) is 2.21. The van der Waals surface area contributed by atoms with Gasteiger partial charge < -0.3 is 4.52 Å². The molecule has 0 bridgehead atoms. The van der Waals surface area contributed by atoms with Crippen molar-refractivity contribution in [2.75, 3.05) is 0 Å². The Morgan fingerprint density at radius 2 is 1.67 bits per heavy atom. The van der Waals surface area contributed by atoms with E-state index in [1.54, 1.807) is 0 Å². The summed E-state index contributed by atoms with van der Waals surface area (Å²) in [6, 6.07) is 0. The Morgan fingerprint density at radius 1 is 1.42 bits per heavy atom. The number of carbonyl (C=O) groups excluding carboxylic acids is 1. The standard InChI is InChI=1S/C2H5O5P.H2O3S/c1-2(3)7-8(4,5)6;1-4(2)3/h1H3,(H2,4,5,6);(H2,1,2,3). The zero-order chi connectivity index (χ0) is 10.4. The molecule has 0 aromatic heterocycles. The first-order chi connectivity index (χ1) is 5.15. The molecule has 12 heavy (non-hydrogen) atoms. The molecule has 0 aliphatic rings. The van der Waals surface area contributed by atoms with Crippen molar-refractivity contribution in [1.82, 2.24) is 0 Å². The van der Waals surface area contributed by atoms with Gasteiger partial charge in [0.2, 0.25) is 0 Å². The van der Waals surface area contributed by atoms with Crippen LogP contribution in [0, 0.1) is 0 Å². The Balaban J connectivity index is 0. The summed E-state index contributed by atoms with van der Waals surface area (Å²) < 4.78 is 36.0. The van der Waals surface area contributed by atoms with Gasteiger partial charge in [-0.2, -0.15) is 4.21 Å².